The fourth-order valence-corrected chi connectivity index (χ4v) is 4.72. The Morgan fingerprint density at radius 1 is 1.33 bits per heavy atom. The van der Waals surface area contributed by atoms with Crippen molar-refractivity contribution in [3.63, 3.8) is 0 Å². The number of hydrogen-bond acceptors (Lipinski definition) is 7. The second-order valence-electron chi connectivity index (χ2n) is 6.82. The van der Waals surface area contributed by atoms with E-state index in [0.717, 1.165) is 12.8 Å². The molecule has 9 nitrogen and oxygen atoms in total. The highest BCUT2D eigenvalue weighted by Crippen LogP contribution is 2.27. The largest absolute Gasteiger partial charge is 0.379 e. The van der Waals surface area contributed by atoms with Gasteiger partial charge in [-0.3, -0.25) is 4.79 Å². The van der Waals surface area contributed by atoms with Crippen LogP contribution in [0, 0.1) is 11.3 Å². The van der Waals surface area contributed by atoms with E-state index in [9.17, 15) is 18.5 Å². The molecule has 1 aromatic carbocycles. The summed E-state index contributed by atoms with van der Waals surface area (Å²) >= 11 is 6.17. The number of hydrogen-bond donors (Lipinski definition) is 2. The van der Waals surface area contributed by atoms with Crippen molar-refractivity contribution in [2.24, 2.45) is 0 Å². The van der Waals surface area contributed by atoms with Crippen molar-refractivity contribution in [2.75, 3.05) is 44.8 Å². The van der Waals surface area contributed by atoms with Gasteiger partial charge in [0.1, 0.15) is 11.6 Å². The third-order valence-electron chi connectivity index (χ3n) is 4.80. The van der Waals surface area contributed by atoms with Gasteiger partial charge in [0, 0.05) is 32.4 Å². The van der Waals surface area contributed by atoms with Crippen LogP contribution in [0.4, 0.5) is 5.69 Å². The molecule has 1 amide bonds. The van der Waals surface area contributed by atoms with Crippen LogP contribution in [0.3, 0.4) is 0 Å². The van der Waals surface area contributed by atoms with Crippen molar-refractivity contribution < 1.29 is 22.7 Å². The van der Waals surface area contributed by atoms with Gasteiger partial charge in [-0.1, -0.05) is 11.6 Å². The molecule has 0 spiro atoms. The Labute approximate surface area is 180 Å². The highest BCUT2D eigenvalue weighted by Gasteiger charge is 2.27. The molecule has 30 heavy (non-hydrogen) atoms. The van der Waals surface area contributed by atoms with Crippen LogP contribution in [0.2, 0.25) is 5.02 Å². The summed E-state index contributed by atoms with van der Waals surface area (Å²) in [6, 6.07) is 6.07. The molecule has 2 aliphatic rings. The van der Waals surface area contributed by atoms with Crippen molar-refractivity contribution >= 4 is 33.2 Å². The minimum absolute atomic E-state index is 0.0432. The minimum atomic E-state index is -3.70. The molecular weight excluding hydrogens is 432 g/mol. The number of carbonyl (C=O) groups is 1. The lowest BCUT2D eigenvalue weighted by Crippen LogP contribution is -2.40. The molecule has 3 rings (SSSR count). The van der Waals surface area contributed by atoms with Gasteiger partial charge in [-0.2, -0.15) is 9.57 Å². The van der Waals surface area contributed by atoms with Crippen molar-refractivity contribution in [2.45, 2.75) is 23.8 Å². The van der Waals surface area contributed by atoms with Crippen LogP contribution in [0.1, 0.15) is 12.8 Å². The fraction of sp³-hybridized carbons (Fsp3) is 0.474. The Bertz CT molecular complexity index is 948. The first kappa shape index (κ1) is 22.5. The van der Waals surface area contributed by atoms with E-state index in [0.29, 0.717) is 26.4 Å². The van der Waals surface area contributed by atoms with E-state index in [1.54, 1.807) is 0 Å². The summed E-state index contributed by atoms with van der Waals surface area (Å²) in [6.07, 6.45) is 2.98. The normalized spacial score (nSPS) is 20.5. The molecule has 0 bridgehead atoms. The first-order chi connectivity index (χ1) is 14.4. The summed E-state index contributed by atoms with van der Waals surface area (Å²) in [7, 11) is -3.70. The third-order valence-corrected chi connectivity index (χ3v) is 7.02. The van der Waals surface area contributed by atoms with Gasteiger partial charge in [-0.25, -0.2) is 8.42 Å². The lowest BCUT2D eigenvalue weighted by molar-refractivity contribution is -0.117. The summed E-state index contributed by atoms with van der Waals surface area (Å²) in [5.41, 5.74) is 0.108. The van der Waals surface area contributed by atoms with Crippen LogP contribution >= 0.6 is 11.6 Å². The van der Waals surface area contributed by atoms with E-state index in [1.807, 2.05) is 6.07 Å². The molecule has 1 atom stereocenters. The Morgan fingerprint density at radius 3 is 2.77 bits per heavy atom. The topological polar surface area (TPSA) is 121 Å². The summed E-state index contributed by atoms with van der Waals surface area (Å²) in [5, 5.41) is 15.0. The summed E-state index contributed by atoms with van der Waals surface area (Å²) in [6.45, 7) is 2.23. The molecule has 0 radical (unpaired) electrons. The van der Waals surface area contributed by atoms with Crippen molar-refractivity contribution in [3.8, 4) is 6.07 Å². The van der Waals surface area contributed by atoms with Gasteiger partial charge in [0.15, 0.2) is 0 Å². The van der Waals surface area contributed by atoms with Gasteiger partial charge < -0.3 is 20.1 Å². The molecule has 0 aliphatic carbocycles. The molecule has 2 N–H and O–H groups in total. The second kappa shape index (κ2) is 10.2. The zero-order chi connectivity index (χ0) is 21.6. The van der Waals surface area contributed by atoms with Crippen LogP contribution in [-0.2, 0) is 24.3 Å². The number of anilines is 1. The molecule has 2 fully saturated rings. The van der Waals surface area contributed by atoms with Crippen LogP contribution in [0.5, 0.6) is 0 Å². The Hall–Kier alpha value is -2.16. The Kier molecular flexibility index (Phi) is 7.69. The maximum atomic E-state index is 12.8. The highest BCUT2D eigenvalue weighted by atomic mass is 35.5. The lowest BCUT2D eigenvalue weighted by Gasteiger charge is -2.26. The molecule has 2 heterocycles. The number of rotatable bonds is 7. The Balaban J connectivity index is 1.71. The molecule has 1 aromatic rings. The molecule has 1 unspecified atom stereocenters. The van der Waals surface area contributed by atoms with E-state index in [4.69, 9.17) is 21.1 Å². The highest BCUT2D eigenvalue weighted by molar-refractivity contribution is 7.89. The standard InChI is InChI=1S/C19H23ClN4O5S/c20-17-4-3-16(30(26,27)24-5-8-28-9-6-24)10-18(17)22-12-14(11-21)19(25)23-13-15-2-1-7-29-15/h3-4,10,12,15,22H,1-2,5-9,13H2,(H,23,25)/b14-12-. The number of carbonyl (C=O) groups excluding carboxylic acids is 1. The van der Waals surface area contributed by atoms with Crippen LogP contribution in [-0.4, -0.2) is 64.2 Å². The van der Waals surface area contributed by atoms with Gasteiger partial charge in [0.25, 0.3) is 5.91 Å². The van der Waals surface area contributed by atoms with Gasteiger partial charge in [0.2, 0.25) is 10.0 Å². The van der Waals surface area contributed by atoms with E-state index in [-0.39, 0.29) is 40.4 Å². The maximum Gasteiger partial charge on any atom is 0.263 e. The zero-order valence-electron chi connectivity index (χ0n) is 16.3. The van der Waals surface area contributed by atoms with Crippen LogP contribution < -0.4 is 10.6 Å². The number of ether oxygens (including phenoxy) is 2. The number of sulfonamides is 1. The molecule has 2 aliphatic heterocycles. The molecular formula is C19H23ClN4O5S. The van der Waals surface area contributed by atoms with E-state index < -0.39 is 15.9 Å². The van der Waals surface area contributed by atoms with E-state index in [2.05, 4.69) is 10.6 Å². The maximum absolute atomic E-state index is 12.8. The summed E-state index contributed by atoms with van der Waals surface area (Å²) in [4.78, 5) is 12.3. The lowest BCUT2D eigenvalue weighted by atomic mass is 10.2. The van der Waals surface area contributed by atoms with E-state index >= 15 is 0 Å². The first-order valence-corrected chi connectivity index (χ1v) is 11.4. The average Bonchev–Trinajstić information content (AvgIpc) is 3.28. The van der Waals surface area contributed by atoms with Gasteiger partial charge >= 0.3 is 0 Å². The van der Waals surface area contributed by atoms with Gasteiger partial charge in [0.05, 0.1) is 34.9 Å². The van der Waals surface area contributed by atoms with Gasteiger partial charge in [-0.15, -0.1) is 0 Å². The smallest absolute Gasteiger partial charge is 0.263 e. The monoisotopic (exact) mass is 454 g/mol. The molecule has 0 aromatic heterocycles. The van der Waals surface area contributed by atoms with Crippen LogP contribution in [0.25, 0.3) is 0 Å². The predicted molar refractivity (Wildman–Crippen MR) is 110 cm³/mol. The number of amides is 1. The fourth-order valence-electron chi connectivity index (χ4n) is 3.12. The molecule has 0 saturated carbocycles. The molecule has 2 saturated heterocycles. The second-order valence-corrected chi connectivity index (χ2v) is 9.16. The third kappa shape index (κ3) is 5.50. The van der Waals surface area contributed by atoms with Crippen molar-refractivity contribution in [1.82, 2.24) is 9.62 Å². The average molecular weight is 455 g/mol. The summed E-state index contributed by atoms with van der Waals surface area (Å²) < 4.78 is 37.6. The van der Waals surface area contributed by atoms with Gasteiger partial charge in [-0.05, 0) is 31.0 Å². The Morgan fingerprint density at radius 2 is 2.10 bits per heavy atom. The number of nitrogens with zero attached hydrogens (tertiary/aromatic N) is 2. The van der Waals surface area contributed by atoms with Crippen molar-refractivity contribution in [3.05, 3.63) is 35.0 Å². The predicted octanol–water partition coefficient (Wildman–Crippen LogP) is 1.48. The number of benzene rings is 1. The molecule has 11 heteroatoms. The number of morpholine rings is 1. The quantitative estimate of drug-likeness (QED) is 0.472. The summed E-state index contributed by atoms with van der Waals surface area (Å²) in [5.74, 6) is -0.547. The SMILES string of the molecule is N#C/C(=C/Nc1cc(S(=O)(=O)N2CCOCC2)ccc1Cl)C(=O)NCC1CCCO1. The van der Waals surface area contributed by atoms with Crippen molar-refractivity contribution in [1.29, 1.82) is 5.26 Å². The van der Waals surface area contributed by atoms with Crippen LogP contribution in [0.15, 0.2) is 34.9 Å². The number of halogens is 1. The minimum Gasteiger partial charge on any atom is -0.379 e. The number of nitriles is 1. The first-order valence-electron chi connectivity index (χ1n) is 9.56. The zero-order valence-corrected chi connectivity index (χ0v) is 17.8. The molecule has 162 valence electrons. The van der Waals surface area contributed by atoms with E-state index in [1.165, 1.54) is 28.7 Å². The number of nitrogens with one attached hydrogen (secondary N) is 2.